The predicted molar refractivity (Wildman–Crippen MR) is 118 cm³/mol. The summed E-state index contributed by atoms with van der Waals surface area (Å²) in [5, 5.41) is 8.81. The first kappa shape index (κ1) is 22.8. The highest BCUT2D eigenvalue weighted by molar-refractivity contribution is 5.71. The lowest BCUT2D eigenvalue weighted by Crippen LogP contribution is -2.53. The van der Waals surface area contributed by atoms with Gasteiger partial charge in [-0.1, -0.05) is 32.4 Å². The van der Waals surface area contributed by atoms with Crippen molar-refractivity contribution in [3.05, 3.63) is 11.6 Å². The molecule has 1 aliphatic heterocycles. The lowest BCUT2D eigenvalue weighted by atomic mass is 9.46. The van der Waals surface area contributed by atoms with Crippen LogP contribution in [0.4, 0.5) is 0 Å². The van der Waals surface area contributed by atoms with E-state index >= 15 is 0 Å². The first-order chi connectivity index (χ1) is 14.8. The summed E-state index contributed by atoms with van der Waals surface area (Å²) >= 11 is 0. The lowest BCUT2D eigenvalue weighted by Gasteiger charge is -2.59. The summed E-state index contributed by atoms with van der Waals surface area (Å²) in [4.78, 5) is 23.2. The highest BCUT2D eigenvalue weighted by Crippen LogP contribution is 2.66. The fourth-order valence-electron chi connectivity index (χ4n) is 7.88. The van der Waals surface area contributed by atoms with Crippen LogP contribution in [0.3, 0.4) is 0 Å². The van der Waals surface area contributed by atoms with E-state index in [1.807, 2.05) is 0 Å². The topological polar surface area (TPSA) is 72.8 Å². The number of hydrogen-bond acceptors (Lipinski definition) is 4. The molecule has 4 rings (SSSR count). The number of hydrogen-bond donors (Lipinski definition) is 1. The van der Waals surface area contributed by atoms with E-state index in [0.29, 0.717) is 30.1 Å². The van der Waals surface area contributed by atoms with Gasteiger partial charge in [0.1, 0.15) is 6.10 Å². The van der Waals surface area contributed by atoms with E-state index in [9.17, 15) is 9.59 Å². The molecule has 174 valence electrons. The number of rotatable bonds is 5. The van der Waals surface area contributed by atoms with Gasteiger partial charge in [0.25, 0.3) is 0 Å². The molecular formula is C26H40O5. The van der Waals surface area contributed by atoms with E-state index in [4.69, 9.17) is 14.6 Å². The summed E-state index contributed by atoms with van der Waals surface area (Å²) in [6.45, 7) is 8.95. The van der Waals surface area contributed by atoms with Crippen molar-refractivity contribution in [1.82, 2.24) is 0 Å². The first-order valence-electron chi connectivity index (χ1n) is 12.4. The number of allylic oxidation sites excluding steroid dienone is 1. The number of carbonyl (C=O) groups excluding carboxylic acids is 1. The van der Waals surface area contributed by atoms with E-state index in [-0.39, 0.29) is 35.7 Å². The summed E-state index contributed by atoms with van der Waals surface area (Å²) in [6.07, 6.45) is 10.9. The van der Waals surface area contributed by atoms with Crippen molar-refractivity contribution in [2.75, 3.05) is 13.2 Å². The van der Waals surface area contributed by atoms with Gasteiger partial charge in [-0.25, -0.2) is 0 Å². The Morgan fingerprint density at radius 3 is 2.74 bits per heavy atom. The fourth-order valence-corrected chi connectivity index (χ4v) is 7.88. The van der Waals surface area contributed by atoms with E-state index < -0.39 is 5.97 Å². The Kier molecular flexibility index (Phi) is 6.54. The van der Waals surface area contributed by atoms with Gasteiger partial charge in [0, 0.05) is 24.9 Å². The van der Waals surface area contributed by atoms with Crippen LogP contribution in [0.5, 0.6) is 0 Å². The molecule has 3 aliphatic carbocycles. The van der Waals surface area contributed by atoms with Gasteiger partial charge in [0.15, 0.2) is 0 Å². The first-order valence-corrected chi connectivity index (χ1v) is 12.4. The van der Waals surface area contributed by atoms with Gasteiger partial charge >= 0.3 is 11.9 Å². The van der Waals surface area contributed by atoms with Crippen LogP contribution in [-0.2, 0) is 19.1 Å². The maximum Gasteiger partial charge on any atom is 0.306 e. The molecule has 0 spiro atoms. The minimum atomic E-state index is -0.854. The summed E-state index contributed by atoms with van der Waals surface area (Å²) in [6, 6.07) is 0. The zero-order valence-electron chi connectivity index (χ0n) is 19.5. The van der Waals surface area contributed by atoms with Gasteiger partial charge in [-0.15, -0.1) is 0 Å². The van der Waals surface area contributed by atoms with Crippen LogP contribution < -0.4 is 0 Å². The molecule has 3 saturated carbocycles. The Bertz CT molecular complexity index is 729. The third kappa shape index (κ3) is 4.19. The molecule has 4 aliphatic rings. The molecule has 3 fully saturated rings. The molecule has 0 saturated heterocycles. The quantitative estimate of drug-likeness (QED) is 0.466. The number of ether oxygens (including phenoxy) is 2. The van der Waals surface area contributed by atoms with Crippen molar-refractivity contribution >= 4 is 11.9 Å². The van der Waals surface area contributed by atoms with Crippen LogP contribution in [0.15, 0.2) is 11.6 Å². The lowest BCUT2D eigenvalue weighted by molar-refractivity contribution is -0.161. The standard InChI is InChI=1S/C26H40O5/c1-17-16-18-11-15-30-14-5-12-25(18,2)20-10-13-26(3)19(24(17)20)8-9-21(26)31-23(29)7-4-6-22(27)28/h11,17,19-21,24H,4-10,12-16H2,1-3H3,(H,27,28)/b18-11-/t17-,19?,20?,21+,24?,25+,26+/m1/s1. The third-order valence-corrected chi connectivity index (χ3v) is 9.47. The molecule has 5 nitrogen and oxygen atoms in total. The van der Waals surface area contributed by atoms with Gasteiger partial charge in [-0.2, -0.15) is 0 Å². The maximum absolute atomic E-state index is 12.4. The summed E-state index contributed by atoms with van der Waals surface area (Å²) in [5.41, 5.74) is 1.97. The van der Waals surface area contributed by atoms with E-state index in [1.54, 1.807) is 5.57 Å². The second-order valence-electron chi connectivity index (χ2n) is 11.1. The molecule has 0 aromatic carbocycles. The van der Waals surface area contributed by atoms with Crippen LogP contribution in [0.2, 0.25) is 0 Å². The Hall–Kier alpha value is -1.36. The smallest absolute Gasteiger partial charge is 0.306 e. The Morgan fingerprint density at radius 1 is 1.16 bits per heavy atom. The predicted octanol–water partition coefficient (Wildman–Crippen LogP) is 5.38. The van der Waals surface area contributed by atoms with Crippen LogP contribution in [-0.4, -0.2) is 36.4 Å². The maximum atomic E-state index is 12.4. The van der Waals surface area contributed by atoms with Gasteiger partial charge in [0.2, 0.25) is 0 Å². The second-order valence-corrected chi connectivity index (χ2v) is 11.1. The van der Waals surface area contributed by atoms with Gasteiger partial charge in [-0.05, 0) is 80.5 Å². The molecule has 7 atom stereocenters. The molecule has 31 heavy (non-hydrogen) atoms. The molecule has 0 radical (unpaired) electrons. The zero-order chi connectivity index (χ0) is 22.2. The van der Waals surface area contributed by atoms with Crippen molar-refractivity contribution < 1.29 is 24.2 Å². The third-order valence-electron chi connectivity index (χ3n) is 9.47. The zero-order valence-corrected chi connectivity index (χ0v) is 19.5. The summed E-state index contributed by atoms with van der Waals surface area (Å²) in [7, 11) is 0. The molecule has 0 bridgehead atoms. The Morgan fingerprint density at radius 2 is 1.97 bits per heavy atom. The van der Waals surface area contributed by atoms with Gasteiger partial charge < -0.3 is 14.6 Å². The number of esters is 1. The molecule has 3 unspecified atom stereocenters. The highest BCUT2D eigenvalue weighted by atomic mass is 16.5. The van der Waals surface area contributed by atoms with Crippen LogP contribution in [0.1, 0.15) is 85.0 Å². The summed E-state index contributed by atoms with van der Waals surface area (Å²) in [5.74, 6) is 1.59. The molecule has 5 heteroatoms. The molecule has 1 N–H and O–H groups in total. The van der Waals surface area contributed by atoms with Crippen molar-refractivity contribution in [2.45, 2.75) is 91.1 Å². The molecular weight excluding hydrogens is 392 g/mol. The van der Waals surface area contributed by atoms with E-state index in [0.717, 1.165) is 38.9 Å². The average Bonchev–Trinajstić information content (AvgIpc) is 3.02. The van der Waals surface area contributed by atoms with Crippen LogP contribution in [0.25, 0.3) is 0 Å². The molecule has 1 heterocycles. The summed E-state index contributed by atoms with van der Waals surface area (Å²) < 4.78 is 11.7. The van der Waals surface area contributed by atoms with Crippen molar-refractivity contribution in [3.63, 3.8) is 0 Å². The number of carbonyl (C=O) groups is 2. The largest absolute Gasteiger partial charge is 0.481 e. The monoisotopic (exact) mass is 432 g/mol. The second kappa shape index (κ2) is 8.88. The highest BCUT2D eigenvalue weighted by Gasteiger charge is 2.61. The molecule has 0 amide bonds. The van der Waals surface area contributed by atoms with Crippen LogP contribution >= 0.6 is 0 Å². The number of fused-ring (bicyclic) bond motifs is 5. The number of carboxylic acids is 1. The SMILES string of the molecule is C[C@@H]1C/C2=C/COCCC[C@]2(C)C2CC[C@@]3(C)C(CC[C@@H]3OC(=O)CCCC(=O)O)C21. The van der Waals surface area contributed by atoms with Crippen molar-refractivity contribution in [2.24, 2.45) is 34.5 Å². The van der Waals surface area contributed by atoms with Gasteiger partial charge in [-0.3, -0.25) is 9.59 Å². The van der Waals surface area contributed by atoms with E-state index in [2.05, 4.69) is 26.8 Å². The number of aliphatic carboxylic acids is 1. The Labute approximate surface area is 186 Å². The fraction of sp³-hybridized carbons (Fsp3) is 0.846. The minimum absolute atomic E-state index is 0.0153. The van der Waals surface area contributed by atoms with Crippen molar-refractivity contribution in [3.8, 4) is 0 Å². The molecule has 0 aromatic heterocycles. The van der Waals surface area contributed by atoms with Gasteiger partial charge in [0.05, 0.1) is 6.61 Å². The molecule has 0 aromatic rings. The van der Waals surface area contributed by atoms with Crippen molar-refractivity contribution in [1.29, 1.82) is 0 Å². The average molecular weight is 433 g/mol. The minimum Gasteiger partial charge on any atom is -0.481 e. The normalized spacial score (nSPS) is 44.0. The number of carboxylic acid groups (broad SMARTS) is 1. The van der Waals surface area contributed by atoms with E-state index in [1.165, 1.54) is 19.3 Å². The Balaban J connectivity index is 1.49. The van der Waals surface area contributed by atoms with Crippen LogP contribution in [0, 0.1) is 34.5 Å².